The Morgan fingerprint density at radius 2 is 1.29 bits per heavy atom. The van der Waals surface area contributed by atoms with Crippen LogP contribution in [-0.4, -0.2) is 26.8 Å². The minimum atomic E-state index is -4.91. The summed E-state index contributed by atoms with van der Waals surface area (Å²) in [6.07, 6.45) is -4.91. The first-order valence-corrected chi connectivity index (χ1v) is 12.7. The van der Waals surface area contributed by atoms with E-state index in [1.54, 1.807) is 24.3 Å². The largest absolute Gasteiger partial charge is 0.417 e. The summed E-state index contributed by atoms with van der Waals surface area (Å²) in [6.45, 7) is 0. The van der Waals surface area contributed by atoms with Gasteiger partial charge in [0.2, 0.25) is 10.0 Å². The Morgan fingerprint density at radius 1 is 0.743 bits per heavy atom. The maximum atomic E-state index is 13.4. The SMILES string of the molecule is NS(=O)(=O)c1ccc(Nc2nc3ccccc3nc2NS(=O)(=O)c2ccccc2C(F)(F)F)cc1. The molecule has 4 aromatic rings. The van der Waals surface area contributed by atoms with Gasteiger partial charge in [0, 0.05) is 5.69 Å². The van der Waals surface area contributed by atoms with E-state index in [0.29, 0.717) is 11.6 Å². The number of hydrogen-bond acceptors (Lipinski definition) is 7. The third-order valence-electron chi connectivity index (χ3n) is 4.73. The summed E-state index contributed by atoms with van der Waals surface area (Å²) in [5.41, 5.74) is -0.397. The molecule has 0 fully saturated rings. The normalized spacial score (nSPS) is 12.5. The highest BCUT2D eigenvalue weighted by molar-refractivity contribution is 7.92. The highest BCUT2D eigenvalue weighted by atomic mass is 32.2. The van der Waals surface area contributed by atoms with E-state index < -0.39 is 36.7 Å². The van der Waals surface area contributed by atoms with Crippen molar-refractivity contribution in [3.63, 3.8) is 0 Å². The van der Waals surface area contributed by atoms with Crippen molar-refractivity contribution in [1.29, 1.82) is 0 Å². The van der Waals surface area contributed by atoms with E-state index in [1.807, 2.05) is 0 Å². The second-order valence-electron chi connectivity index (χ2n) is 7.20. The van der Waals surface area contributed by atoms with Gasteiger partial charge in [0.1, 0.15) is 0 Å². The fourth-order valence-corrected chi connectivity index (χ4v) is 4.89. The summed E-state index contributed by atoms with van der Waals surface area (Å²) in [7, 11) is -8.68. The topological polar surface area (TPSA) is 144 Å². The molecule has 0 aliphatic heterocycles. The van der Waals surface area contributed by atoms with Gasteiger partial charge in [0.05, 0.1) is 26.4 Å². The van der Waals surface area contributed by atoms with Crippen LogP contribution in [0.5, 0.6) is 0 Å². The number of rotatable bonds is 6. The van der Waals surface area contributed by atoms with Crippen molar-refractivity contribution in [2.24, 2.45) is 5.14 Å². The first kappa shape index (κ1) is 24.4. The van der Waals surface area contributed by atoms with Gasteiger partial charge in [0.25, 0.3) is 10.0 Å². The van der Waals surface area contributed by atoms with E-state index in [9.17, 15) is 30.0 Å². The lowest BCUT2D eigenvalue weighted by molar-refractivity contribution is -0.139. The van der Waals surface area contributed by atoms with Crippen LogP contribution >= 0.6 is 0 Å². The number of fused-ring (bicyclic) bond motifs is 1. The fraction of sp³-hybridized carbons (Fsp3) is 0.0476. The Morgan fingerprint density at radius 3 is 1.86 bits per heavy atom. The molecule has 1 heterocycles. The number of benzene rings is 3. The molecule has 0 bridgehead atoms. The third-order valence-corrected chi connectivity index (χ3v) is 7.06. The van der Waals surface area contributed by atoms with Crippen molar-refractivity contribution in [2.45, 2.75) is 16.0 Å². The van der Waals surface area contributed by atoms with Gasteiger partial charge in [-0.2, -0.15) is 13.2 Å². The Labute approximate surface area is 197 Å². The van der Waals surface area contributed by atoms with Crippen LogP contribution in [0, 0.1) is 0 Å². The Balaban J connectivity index is 1.78. The number of nitrogens with one attached hydrogen (secondary N) is 2. The third kappa shape index (κ3) is 5.34. The number of nitrogens with zero attached hydrogens (tertiary/aromatic N) is 2. The van der Waals surface area contributed by atoms with E-state index in [0.717, 1.165) is 12.1 Å². The monoisotopic (exact) mass is 523 g/mol. The highest BCUT2D eigenvalue weighted by Crippen LogP contribution is 2.35. The molecule has 0 unspecified atom stereocenters. The number of halogens is 3. The molecule has 4 N–H and O–H groups in total. The summed E-state index contributed by atoms with van der Waals surface area (Å²) in [4.78, 5) is 7.41. The zero-order chi connectivity index (χ0) is 25.4. The summed E-state index contributed by atoms with van der Waals surface area (Å²) < 4.78 is 91.3. The van der Waals surface area contributed by atoms with E-state index in [2.05, 4.69) is 20.0 Å². The van der Waals surface area contributed by atoms with Crippen LogP contribution in [0.1, 0.15) is 5.56 Å². The Kier molecular flexibility index (Phi) is 6.12. The molecule has 35 heavy (non-hydrogen) atoms. The quantitative estimate of drug-likeness (QED) is 0.348. The fourth-order valence-electron chi connectivity index (χ4n) is 3.14. The molecule has 4 rings (SSSR count). The molecule has 3 aromatic carbocycles. The van der Waals surface area contributed by atoms with Crippen LogP contribution in [0.3, 0.4) is 0 Å². The Hall–Kier alpha value is -3.75. The van der Waals surface area contributed by atoms with Crippen LogP contribution in [0.25, 0.3) is 11.0 Å². The van der Waals surface area contributed by atoms with Gasteiger partial charge in [-0.1, -0.05) is 24.3 Å². The van der Waals surface area contributed by atoms with Crippen molar-refractivity contribution in [3.8, 4) is 0 Å². The van der Waals surface area contributed by atoms with Crippen molar-refractivity contribution in [2.75, 3.05) is 10.0 Å². The number of alkyl halides is 3. The lowest BCUT2D eigenvalue weighted by atomic mass is 10.2. The molecule has 0 aliphatic rings. The molecule has 0 radical (unpaired) electrons. The van der Waals surface area contributed by atoms with Crippen molar-refractivity contribution >= 4 is 48.4 Å². The van der Waals surface area contributed by atoms with Crippen LogP contribution in [0.2, 0.25) is 0 Å². The smallest absolute Gasteiger partial charge is 0.337 e. The zero-order valence-corrected chi connectivity index (χ0v) is 19.1. The molecule has 182 valence electrons. The molecular weight excluding hydrogens is 507 g/mol. The predicted octanol–water partition coefficient (Wildman–Crippen LogP) is 3.84. The minimum absolute atomic E-state index is 0.125. The Bertz CT molecular complexity index is 1630. The highest BCUT2D eigenvalue weighted by Gasteiger charge is 2.37. The van der Waals surface area contributed by atoms with Crippen LogP contribution in [0.15, 0.2) is 82.6 Å². The number of anilines is 3. The van der Waals surface area contributed by atoms with E-state index in [1.165, 1.54) is 30.3 Å². The summed E-state index contributed by atoms with van der Waals surface area (Å²) in [5, 5.41) is 7.89. The molecule has 0 saturated carbocycles. The van der Waals surface area contributed by atoms with E-state index >= 15 is 0 Å². The average Bonchev–Trinajstić information content (AvgIpc) is 2.78. The number of aromatic nitrogens is 2. The van der Waals surface area contributed by atoms with Crippen LogP contribution in [0.4, 0.5) is 30.5 Å². The number of para-hydroxylation sites is 2. The molecule has 0 saturated heterocycles. The standard InChI is InChI=1S/C21H16F3N5O4S2/c22-21(23,24)15-5-1-4-8-18(15)35(32,33)29-20-19(27-16-6-2-3-7-17(16)28-20)26-13-9-11-14(12-10-13)34(25,30)31/h1-12H,(H,26,27)(H,28,29)(H2,25,30,31). The van der Waals surface area contributed by atoms with E-state index in [4.69, 9.17) is 5.14 Å². The van der Waals surface area contributed by atoms with E-state index in [-0.39, 0.29) is 27.7 Å². The first-order chi connectivity index (χ1) is 16.3. The minimum Gasteiger partial charge on any atom is -0.337 e. The van der Waals surface area contributed by atoms with Crippen molar-refractivity contribution < 1.29 is 30.0 Å². The van der Waals surface area contributed by atoms with Gasteiger partial charge in [0.15, 0.2) is 11.6 Å². The maximum Gasteiger partial charge on any atom is 0.417 e. The lowest BCUT2D eigenvalue weighted by Gasteiger charge is -2.16. The molecule has 0 amide bonds. The van der Waals surface area contributed by atoms with Crippen LogP contribution in [-0.2, 0) is 26.2 Å². The second kappa shape index (κ2) is 8.79. The van der Waals surface area contributed by atoms with Gasteiger partial charge in [-0.3, -0.25) is 4.72 Å². The molecule has 0 spiro atoms. The van der Waals surface area contributed by atoms with Gasteiger partial charge in [-0.25, -0.2) is 31.9 Å². The molecule has 14 heteroatoms. The summed E-state index contributed by atoms with van der Waals surface area (Å²) >= 11 is 0. The maximum absolute atomic E-state index is 13.4. The van der Waals surface area contributed by atoms with Gasteiger partial charge >= 0.3 is 6.18 Å². The number of hydrogen-bond donors (Lipinski definition) is 3. The summed E-state index contributed by atoms with van der Waals surface area (Å²) in [6, 6.07) is 15.3. The first-order valence-electron chi connectivity index (χ1n) is 9.70. The van der Waals surface area contributed by atoms with Crippen molar-refractivity contribution in [3.05, 3.63) is 78.4 Å². The van der Waals surface area contributed by atoms with Gasteiger partial charge in [-0.15, -0.1) is 0 Å². The van der Waals surface area contributed by atoms with Crippen molar-refractivity contribution in [1.82, 2.24) is 9.97 Å². The molecule has 0 atom stereocenters. The number of primary sulfonamides is 1. The zero-order valence-electron chi connectivity index (χ0n) is 17.5. The van der Waals surface area contributed by atoms with Gasteiger partial charge in [-0.05, 0) is 48.5 Å². The molecule has 1 aromatic heterocycles. The lowest BCUT2D eigenvalue weighted by Crippen LogP contribution is -2.20. The summed E-state index contributed by atoms with van der Waals surface area (Å²) in [5.74, 6) is -0.490. The average molecular weight is 524 g/mol. The second-order valence-corrected chi connectivity index (χ2v) is 10.4. The molecule has 9 nitrogen and oxygen atoms in total. The molecule has 0 aliphatic carbocycles. The van der Waals surface area contributed by atoms with Crippen LogP contribution < -0.4 is 15.2 Å². The number of sulfonamides is 2. The predicted molar refractivity (Wildman–Crippen MR) is 123 cm³/mol. The van der Waals surface area contributed by atoms with Gasteiger partial charge < -0.3 is 5.32 Å². The number of nitrogens with two attached hydrogens (primary N) is 1. The molecular formula is C21H16F3N5O4S2.